The maximum absolute atomic E-state index is 5.74. The Morgan fingerprint density at radius 3 is 2.75 bits per heavy atom. The van der Waals surface area contributed by atoms with E-state index in [-0.39, 0.29) is 11.3 Å². The van der Waals surface area contributed by atoms with Crippen LogP contribution in [0.15, 0.2) is 0 Å². The van der Waals surface area contributed by atoms with Crippen molar-refractivity contribution in [2.45, 2.75) is 18.9 Å². The molecule has 0 unspecified atom stereocenters. The number of hydrogen-bond acceptors (Lipinski definition) is 6. The Morgan fingerprint density at radius 1 is 1.31 bits per heavy atom. The molecule has 1 aromatic rings. The highest BCUT2D eigenvalue weighted by Crippen LogP contribution is 2.15. The zero-order valence-corrected chi connectivity index (χ0v) is 9.70. The predicted molar refractivity (Wildman–Crippen MR) is 58.9 cm³/mol. The lowest BCUT2D eigenvalue weighted by molar-refractivity contribution is 0.0903. The molecule has 0 bridgehead atoms. The molecule has 0 radical (unpaired) electrons. The summed E-state index contributed by atoms with van der Waals surface area (Å²) in [7, 11) is 1.49. The molecule has 7 heteroatoms. The molecule has 88 valence electrons. The van der Waals surface area contributed by atoms with E-state index in [1.54, 1.807) is 0 Å². The Labute approximate surface area is 98.4 Å². The first-order valence-corrected chi connectivity index (χ1v) is 5.45. The van der Waals surface area contributed by atoms with E-state index in [2.05, 4.69) is 20.3 Å². The number of nitrogens with zero attached hydrogens (tertiary/aromatic N) is 3. The molecule has 2 rings (SSSR count). The molecule has 0 amide bonds. The Hall–Kier alpha value is -1.14. The average molecular weight is 245 g/mol. The van der Waals surface area contributed by atoms with E-state index >= 15 is 0 Å². The van der Waals surface area contributed by atoms with Gasteiger partial charge in [-0.05, 0) is 24.4 Å². The van der Waals surface area contributed by atoms with Crippen molar-refractivity contribution >= 4 is 17.5 Å². The van der Waals surface area contributed by atoms with Gasteiger partial charge in [0.15, 0.2) is 0 Å². The fourth-order valence-corrected chi connectivity index (χ4v) is 1.66. The minimum Gasteiger partial charge on any atom is -0.467 e. The smallest absolute Gasteiger partial charge is 0.322 e. The van der Waals surface area contributed by atoms with Crippen LogP contribution in [0.3, 0.4) is 0 Å². The molecule has 0 atom stereocenters. The topological polar surface area (TPSA) is 69.2 Å². The van der Waals surface area contributed by atoms with Crippen LogP contribution in [-0.4, -0.2) is 41.3 Å². The standard InChI is InChI=1S/C9H13ClN4O2/c1-15-9-13-7(10)12-8(14-9)11-6-2-4-16-5-3-6/h6H,2-5H2,1H3,(H,11,12,13,14). The average Bonchev–Trinajstić information content (AvgIpc) is 2.29. The van der Waals surface area contributed by atoms with Crippen LogP contribution < -0.4 is 10.1 Å². The predicted octanol–water partition coefficient (Wildman–Crippen LogP) is 1.12. The van der Waals surface area contributed by atoms with E-state index < -0.39 is 0 Å². The SMILES string of the molecule is COc1nc(Cl)nc(NC2CCOCC2)n1. The highest BCUT2D eigenvalue weighted by atomic mass is 35.5. The monoisotopic (exact) mass is 244 g/mol. The third-order valence-corrected chi connectivity index (χ3v) is 2.49. The molecule has 1 N–H and O–H groups in total. The van der Waals surface area contributed by atoms with Crippen LogP contribution in [0, 0.1) is 0 Å². The largest absolute Gasteiger partial charge is 0.467 e. The molecule has 1 fully saturated rings. The number of halogens is 1. The van der Waals surface area contributed by atoms with Gasteiger partial charge in [-0.2, -0.15) is 15.0 Å². The zero-order chi connectivity index (χ0) is 11.4. The molecule has 0 aliphatic carbocycles. The Morgan fingerprint density at radius 2 is 2.06 bits per heavy atom. The number of methoxy groups -OCH3 is 1. The van der Waals surface area contributed by atoms with E-state index in [0.29, 0.717) is 12.0 Å². The molecule has 1 aliphatic rings. The summed E-state index contributed by atoms with van der Waals surface area (Å²) in [5, 5.41) is 3.32. The second kappa shape index (κ2) is 5.27. The lowest BCUT2D eigenvalue weighted by Crippen LogP contribution is -2.28. The van der Waals surface area contributed by atoms with Gasteiger partial charge >= 0.3 is 6.01 Å². The first-order valence-electron chi connectivity index (χ1n) is 5.08. The van der Waals surface area contributed by atoms with Crippen molar-refractivity contribution in [3.05, 3.63) is 5.28 Å². The third-order valence-electron chi connectivity index (χ3n) is 2.32. The summed E-state index contributed by atoms with van der Waals surface area (Å²) in [6, 6.07) is 0.534. The number of ether oxygens (including phenoxy) is 2. The molecule has 2 heterocycles. The Kier molecular flexibility index (Phi) is 3.74. The van der Waals surface area contributed by atoms with E-state index in [4.69, 9.17) is 21.1 Å². The summed E-state index contributed by atoms with van der Waals surface area (Å²) in [6.07, 6.45) is 1.87. The minimum absolute atomic E-state index is 0.126. The Bertz CT molecular complexity index is 357. The first-order chi connectivity index (χ1) is 7.78. The van der Waals surface area contributed by atoms with Crippen LogP contribution in [0.1, 0.15) is 12.8 Å². The zero-order valence-electron chi connectivity index (χ0n) is 8.94. The summed E-state index contributed by atoms with van der Waals surface area (Å²) in [4.78, 5) is 11.9. The maximum atomic E-state index is 5.74. The van der Waals surface area contributed by atoms with Gasteiger partial charge in [-0.1, -0.05) is 0 Å². The van der Waals surface area contributed by atoms with Crippen molar-refractivity contribution in [2.75, 3.05) is 25.6 Å². The van der Waals surface area contributed by atoms with Gasteiger partial charge in [0.25, 0.3) is 0 Å². The first kappa shape index (κ1) is 11.3. The van der Waals surface area contributed by atoms with Crippen molar-refractivity contribution in [2.24, 2.45) is 0 Å². The lowest BCUT2D eigenvalue weighted by Gasteiger charge is -2.22. The number of aromatic nitrogens is 3. The van der Waals surface area contributed by atoms with Gasteiger partial charge in [0, 0.05) is 19.3 Å². The lowest BCUT2D eigenvalue weighted by atomic mass is 10.1. The van der Waals surface area contributed by atoms with Crippen LogP contribution in [-0.2, 0) is 4.74 Å². The summed E-state index contributed by atoms with van der Waals surface area (Å²) in [5.41, 5.74) is 0. The second-order valence-corrected chi connectivity index (χ2v) is 3.78. The Balaban J connectivity index is 2.04. The molecule has 1 aromatic heterocycles. The fourth-order valence-electron chi connectivity index (χ4n) is 1.51. The summed E-state index contributed by atoms with van der Waals surface area (Å²) >= 11 is 5.74. The maximum Gasteiger partial charge on any atom is 0.322 e. The minimum atomic E-state index is 0.126. The van der Waals surface area contributed by atoms with E-state index in [0.717, 1.165) is 26.1 Å². The van der Waals surface area contributed by atoms with Crippen LogP contribution >= 0.6 is 11.6 Å². The molecule has 0 aromatic carbocycles. The van der Waals surface area contributed by atoms with Crippen molar-refractivity contribution in [3.8, 4) is 6.01 Å². The van der Waals surface area contributed by atoms with E-state index in [9.17, 15) is 0 Å². The number of nitrogens with one attached hydrogen (secondary N) is 1. The summed E-state index contributed by atoms with van der Waals surface area (Å²) in [5.74, 6) is 0.448. The van der Waals surface area contributed by atoms with Crippen molar-refractivity contribution in [3.63, 3.8) is 0 Å². The van der Waals surface area contributed by atoms with Crippen LogP contribution in [0.25, 0.3) is 0 Å². The molecule has 0 spiro atoms. The van der Waals surface area contributed by atoms with Gasteiger partial charge < -0.3 is 14.8 Å². The van der Waals surface area contributed by atoms with Gasteiger partial charge in [-0.15, -0.1) is 0 Å². The van der Waals surface area contributed by atoms with Gasteiger partial charge in [-0.25, -0.2) is 0 Å². The summed E-state index contributed by atoms with van der Waals surface area (Å²) < 4.78 is 10.2. The molecule has 1 aliphatic heterocycles. The van der Waals surface area contributed by atoms with E-state index in [1.807, 2.05) is 0 Å². The number of anilines is 1. The summed E-state index contributed by atoms with van der Waals surface area (Å²) in [6.45, 7) is 1.52. The van der Waals surface area contributed by atoms with Crippen LogP contribution in [0.4, 0.5) is 5.95 Å². The normalized spacial score (nSPS) is 17.1. The van der Waals surface area contributed by atoms with Gasteiger partial charge in [0.2, 0.25) is 11.2 Å². The van der Waals surface area contributed by atoms with Crippen molar-refractivity contribution in [1.29, 1.82) is 0 Å². The molecule has 16 heavy (non-hydrogen) atoms. The number of hydrogen-bond donors (Lipinski definition) is 1. The fraction of sp³-hybridized carbons (Fsp3) is 0.667. The highest BCUT2D eigenvalue weighted by Gasteiger charge is 2.15. The van der Waals surface area contributed by atoms with Crippen molar-refractivity contribution < 1.29 is 9.47 Å². The second-order valence-electron chi connectivity index (χ2n) is 3.45. The van der Waals surface area contributed by atoms with Crippen LogP contribution in [0.5, 0.6) is 6.01 Å². The molecular weight excluding hydrogens is 232 g/mol. The molecule has 6 nitrogen and oxygen atoms in total. The van der Waals surface area contributed by atoms with Gasteiger partial charge in [0.05, 0.1) is 7.11 Å². The van der Waals surface area contributed by atoms with Crippen LogP contribution in [0.2, 0.25) is 5.28 Å². The molecule has 0 saturated carbocycles. The van der Waals surface area contributed by atoms with E-state index in [1.165, 1.54) is 7.11 Å². The third kappa shape index (κ3) is 2.93. The van der Waals surface area contributed by atoms with Gasteiger partial charge in [-0.3, -0.25) is 0 Å². The quantitative estimate of drug-likeness (QED) is 0.860. The molecular formula is C9H13ClN4O2. The highest BCUT2D eigenvalue weighted by molar-refractivity contribution is 6.28. The molecule has 1 saturated heterocycles. The number of rotatable bonds is 3. The van der Waals surface area contributed by atoms with Gasteiger partial charge in [0.1, 0.15) is 0 Å². The van der Waals surface area contributed by atoms with Crippen molar-refractivity contribution in [1.82, 2.24) is 15.0 Å².